The normalized spacial score (nSPS) is 26.3. The number of allylic oxidation sites excluding steroid dienone is 4. The molecule has 0 radical (unpaired) electrons. The van der Waals surface area contributed by atoms with E-state index in [0.29, 0.717) is 10.8 Å². The van der Waals surface area contributed by atoms with E-state index in [1.807, 2.05) is 7.05 Å². The van der Waals surface area contributed by atoms with Crippen molar-refractivity contribution in [2.24, 2.45) is 20.8 Å². The van der Waals surface area contributed by atoms with E-state index in [4.69, 9.17) is 0 Å². The van der Waals surface area contributed by atoms with Gasteiger partial charge in [0.15, 0.2) is 0 Å². The number of aliphatic imine (C=N–C) groups is 2. The lowest BCUT2D eigenvalue weighted by Crippen LogP contribution is -2.47. The van der Waals surface area contributed by atoms with E-state index in [0.717, 1.165) is 42.9 Å². The predicted octanol–water partition coefficient (Wildman–Crippen LogP) is 7.19. The van der Waals surface area contributed by atoms with Crippen molar-refractivity contribution in [3.8, 4) is 0 Å². The van der Waals surface area contributed by atoms with Gasteiger partial charge in [-0.05, 0) is 81.1 Å². The highest BCUT2D eigenvalue weighted by Gasteiger charge is 2.49. The molecule has 1 N–H and O–H groups in total. The largest absolute Gasteiger partial charge is 0.383 e. The molecule has 3 saturated carbocycles. The minimum absolute atomic E-state index is 0.379. The van der Waals surface area contributed by atoms with Gasteiger partial charge in [0.2, 0.25) is 0 Å². The molecule has 3 nitrogen and oxygen atoms in total. The van der Waals surface area contributed by atoms with Crippen LogP contribution >= 0.6 is 0 Å². The van der Waals surface area contributed by atoms with Gasteiger partial charge >= 0.3 is 0 Å². The van der Waals surface area contributed by atoms with Gasteiger partial charge in [0.1, 0.15) is 5.71 Å². The van der Waals surface area contributed by atoms with Crippen molar-refractivity contribution in [1.29, 1.82) is 0 Å². The van der Waals surface area contributed by atoms with E-state index in [-0.39, 0.29) is 0 Å². The van der Waals surface area contributed by atoms with Crippen LogP contribution in [-0.4, -0.2) is 25.0 Å². The van der Waals surface area contributed by atoms with Crippen molar-refractivity contribution in [2.45, 2.75) is 85.5 Å². The van der Waals surface area contributed by atoms with Gasteiger partial charge in [0, 0.05) is 19.8 Å². The number of hydrogen-bond donors (Lipinski definition) is 1. The van der Waals surface area contributed by atoms with E-state index in [2.05, 4.69) is 62.7 Å². The summed E-state index contributed by atoms with van der Waals surface area (Å²) in [6, 6.07) is 0. The summed E-state index contributed by atoms with van der Waals surface area (Å²) in [5.41, 5.74) is 7.50. The van der Waals surface area contributed by atoms with Gasteiger partial charge in [-0.25, -0.2) is 0 Å². The van der Waals surface area contributed by atoms with Gasteiger partial charge in [-0.3, -0.25) is 9.98 Å². The summed E-state index contributed by atoms with van der Waals surface area (Å²) in [4.78, 5) is 9.17. The van der Waals surface area contributed by atoms with Crippen molar-refractivity contribution < 1.29 is 0 Å². The molecule has 0 amide bonds. The zero-order valence-electron chi connectivity index (χ0n) is 20.2. The average molecular weight is 410 g/mol. The van der Waals surface area contributed by atoms with Gasteiger partial charge in [0.05, 0.1) is 11.4 Å². The maximum atomic E-state index is 4.59. The summed E-state index contributed by atoms with van der Waals surface area (Å²) in [6.45, 7) is 22.3. The Labute approximate surface area is 185 Å². The Kier molecular flexibility index (Phi) is 8.46. The Balaban J connectivity index is 2.12. The zero-order valence-corrected chi connectivity index (χ0v) is 20.2. The Morgan fingerprint density at radius 1 is 0.933 bits per heavy atom. The lowest BCUT2D eigenvalue weighted by Gasteiger charge is -2.54. The van der Waals surface area contributed by atoms with Crippen molar-refractivity contribution in [1.82, 2.24) is 5.32 Å². The molecule has 2 bridgehead atoms. The molecule has 0 unspecified atom stereocenters. The highest BCUT2D eigenvalue weighted by atomic mass is 14.9. The molecule has 0 saturated heterocycles. The first-order valence-electron chi connectivity index (χ1n) is 11.8. The van der Waals surface area contributed by atoms with Gasteiger partial charge < -0.3 is 5.32 Å². The zero-order chi connectivity index (χ0) is 22.4. The molecule has 0 spiro atoms. The van der Waals surface area contributed by atoms with Gasteiger partial charge in [-0.2, -0.15) is 0 Å². The van der Waals surface area contributed by atoms with Crippen LogP contribution in [0.15, 0.2) is 58.3 Å². The summed E-state index contributed by atoms with van der Waals surface area (Å²) in [7, 11) is 1.84. The van der Waals surface area contributed by atoms with Crippen LogP contribution in [0, 0.1) is 10.8 Å². The Morgan fingerprint density at radius 3 is 1.93 bits per heavy atom. The quantitative estimate of drug-likeness (QED) is 0.284. The molecular weight excluding hydrogens is 366 g/mol. The fraction of sp³-hybridized carbons (Fsp3) is 0.630. The highest BCUT2D eigenvalue weighted by molar-refractivity contribution is 6.53. The maximum absolute atomic E-state index is 4.59. The molecular formula is C27H43N3. The van der Waals surface area contributed by atoms with Crippen LogP contribution in [0.2, 0.25) is 0 Å². The predicted molar refractivity (Wildman–Crippen MR) is 133 cm³/mol. The number of nitrogens with zero attached hydrogens (tertiary/aromatic N) is 2. The minimum atomic E-state index is 0.379. The fourth-order valence-electron chi connectivity index (χ4n) is 5.58. The average Bonchev–Trinajstić information content (AvgIpc) is 2.79. The lowest BCUT2D eigenvalue weighted by molar-refractivity contribution is 0.0156. The van der Waals surface area contributed by atoms with E-state index in [9.17, 15) is 0 Å². The Bertz CT molecular complexity index is 732. The van der Waals surface area contributed by atoms with Crippen LogP contribution < -0.4 is 5.32 Å². The van der Waals surface area contributed by atoms with Crippen LogP contribution in [0.3, 0.4) is 0 Å². The van der Waals surface area contributed by atoms with Crippen LogP contribution in [-0.2, 0) is 0 Å². The Hall–Kier alpha value is -1.90. The summed E-state index contributed by atoms with van der Waals surface area (Å²) < 4.78 is 0. The van der Waals surface area contributed by atoms with Crippen LogP contribution in [0.5, 0.6) is 0 Å². The van der Waals surface area contributed by atoms with E-state index < -0.39 is 0 Å². The third-order valence-electron chi connectivity index (χ3n) is 7.95. The first-order chi connectivity index (χ1) is 14.3. The fourth-order valence-corrected chi connectivity index (χ4v) is 5.58. The van der Waals surface area contributed by atoms with E-state index in [1.54, 1.807) is 6.20 Å². The maximum Gasteiger partial charge on any atom is 0.111 e. The molecule has 166 valence electrons. The second-order valence-electron chi connectivity index (χ2n) is 9.24. The number of rotatable bonds is 11. The van der Waals surface area contributed by atoms with Crippen LogP contribution in [0.4, 0.5) is 0 Å². The molecule has 3 aliphatic carbocycles. The molecule has 0 aliphatic heterocycles. The lowest BCUT2D eigenvalue weighted by atomic mass is 9.51. The molecule has 30 heavy (non-hydrogen) atoms. The van der Waals surface area contributed by atoms with Gasteiger partial charge in [-0.15, -0.1) is 0 Å². The standard InChI is InChI=1S/C27H43N3/c1-9-20(5)27-16-13-26(14-17-27,15-18-27)19-30-22(7)25(29-12-4)24(28-8)21(6)23(10-2)11-3/h12,30H,4-5,7,9-11,13-19H2,1-3,6,8H3. The van der Waals surface area contributed by atoms with Gasteiger partial charge in [0.25, 0.3) is 0 Å². The number of nitrogens with one attached hydrogen (secondary N) is 1. The summed E-state index contributed by atoms with van der Waals surface area (Å²) >= 11 is 0. The molecule has 3 heteroatoms. The third-order valence-corrected chi connectivity index (χ3v) is 7.95. The molecule has 0 heterocycles. The molecule has 3 fully saturated rings. The first kappa shape index (κ1) is 24.4. The van der Waals surface area contributed by atoms with Crippen molar-refractivity contribution in [3.05, 3.63) is 48.4 Å². The van der Waals surface area contributed by atoms with Crippen molar-refractivity contribution >= 4 is 11.4 Å². The first-order valence-corrected chi connectivity index (χ1v) is 11.8. The van der Waals surface area contributed by atoms with Crippen LogP contribution in [0.1, 0.15) is 85.5 Å². The van der Waals surface area contributed by atoms with E-state index in [1.165, 1.54) is 55.2 Å². The third kappa shape index (κ3) is 4.87. The SMILES string of the molecule is C=CN=C(C(=C)NCC12CCC(C(=C)CC)(CC1)CC2)C(=NC)C(C)=C(CC)CC. The summed E-state index contributed by atoms with van der Waals surface area (Å²) in [5.74, 6) is 0. The van der Waals surface area contributed by atoms with Crippen molar-refractivity contribution in [3.63, 3.8) is 0 Å². The minimum Gasteiger partial charge on any atom is -0.383 e. The highest BCUT2D eigenvalue weighted by Crippen LogP contribution is 2.59. The van der Waals surface area contributed by atoms with E-state index >= 15 is 0 Å². The second kappa shape index (κ2) is 10.4. The number of hydrogen-bond acceptors (Lipinski definition) is 3. The monoisotopic (exact) mass is 409 g/mol. The van der Waals surface area contributed by atoms with Crippen molar-refractivity contribution in [2.75, 3.05) is 13.6 Å². The van der Waals surface area contributed by atoms with Crippen LogP contribution in [0.25, 0.3) is 0 Å². The van der Waals surface area contributed by atoms with Gasteiger partial charge in [-0.1, -0.05) is 51.7 Å². The summed E-state index contributed by atoms with van der Waals surface area (Å²) in [5, 5.41) is 3.66. The second-order valence-corrected chi connectivity index (χ2v) is 9.24. The summed E-state index contributed by atoms with van der Waals surface area (Å²) in [6.07, 6.45) is 12.5. The smallest absolute Gasteiger partial charge is 0.111 e. The Morgan fingerprint density at radius 2 is 1.50 bits per heavy atom. The topological polar surface area (TPSA) is 36.8 Å². The molecule has 0 atom stereocenters. The molecule has 0 aromatic rings. The molecule has 0 aromatic carbocycles. The number of fused-ring (bicyclic) bond motifs is 3. The molecule has 3 aliphatic rings. The molecule has 0 aromatic heterocycles. The molecule has 3 rings (SSSR count).